The molecule has 2 aromatic carbocycles. The molecule has 29 heavy (non-hydrogen) atoms. The maximum absolute atomic E-state index is 13.3. The largest absolute Gasteiger partial charge is 0.416 e. The molecule has 3 aromatic rings. The number of benzene rings is 2. The van der Waals surface area contributed by atoms with Crippen LogP contribution in [0, 0.1) is 19.7 Å². The van der Waals surface area contributed by atoms with Crippen molar-refractivity contribution in [3.05, 3.63) is 76.9 Å². The zero-order valence-corrected chi connectivity index (χ0v) is 15.4. The predicted molar refractivity (Wildman–Crippen MR) is 101 cm³/mol. The van der Waals surface area contributed by atoms with Crippen molar-refractivity contribution in [1.82, 2.24) is 10.2 Å². The van der Waals surface area contributed by atoms with Crippen molar-refractivity contribution in [1.29, 1.82) is 0 Å². The highest BCUT2D eigenvalue weighted by Gasteiger charge is 2.32. The Kier molecular flexibility index (Phi) is 5.49. The van der Waals surface area contributed by atoms with Crippen LogP contribution in [0.3, 0.4) is 0 Å². The number of amides is 1. The summed E-state index contributed by atoms with van der Waals surface area (Å²) in [6, 6.07) is 8.23. The number of halogens is 4. The standard InChI is InChI=1S/C20H16F4N4O/c1-11-9-14(21)4-6-16(11)26-18-5-3-13(20(22,23)24)10-15(18)19(29)27-17-7-8-25-28-12(17)2/h3-10,26H,1-2H3,(H,25,27,29). The summed E-state index contributed by atoms with van der Waals surface area (Å²) in [4.78, 5) is 12.8. The van der Waals surface area contributed by atoms with Crippen LogP contribution in [0.4, 0.5) is 34.6 Å². The zero-order chi connectivity index (χ0) is 21.2. The number of rotatable bonds is 4. The Morgan fingerprint density at radius 2 is 1.69 bits per heavy atom. The van der Waals surface area contributed by atoms with Crippen molar-refractivity contribution in [3.63, 3.8) is 0 Å². The van der Waals surface area contributed by atoms with Crippen LogP contribution in [0.15, 0.2) is 48.7 Å². The van der Waals surface area contributed by atoms with E-state index in [4.69, 9.17) is 0 Å². The lowest BCUT2D eigenvalue weighted by Gasteiger charge is -2.16. The van der Waals surface area contributed by atoms with Crippen molar-refractivity contribution in [2.24, 2.45) is 0 Å². The molecule has 150 valence electrons. The fourth-order valence-corrected chi connectivity index (χ4v) is 2.65. The van der Waals surface area contributed by atoms with Gasteiger partial charge in [-0.2, -0.15) is 23.4 Å². The minimum absolute atomic E-state index is 0.143. The minimum atomic E-state index is -4.62. The van der Waals surface area contributed by atoms with Gasteiger partial charge in [-0.1, -0.05) is 0 Å². The topological polar surface area (TPSA) is 66.9 Å². The normalized spacial score (nSPS) is 11.2. The van der Waals surface area contributed by atoms with Crippen LogP contribution in [-0.4, -0.2) is 16.1 Å². The quantitative estimate of drug-likeness (QED) is 0.583. The average molecular weight is 404 g/mol. The van der Waals surface area contributed by atoms with Gasteiger partial charge in [-0.15, -0.1) is 0 Å². The van der Waals surface area contributed by atoms with E-state index in [1.807, 2.05) is 0 Å². The van der Waals surface area contributed by atoms with E-state index in [-0.39, 0.29) is 11.3 Å². The SMILES string of the molecule is Cc1cc(F)ccc1Nc1ccc(C(F)(F)F)cc1C(=O)Nc1ccnnc1C. The minimum Gasteiger partial charge on any atom is -0.355 e. The lowest BCUT2D eigenvalue weighted by molar-refractivity contribution is -0.137. The molecule has 0 aliphatic rings. The Balaban J connectivity index is 2.01. The van der Waals surface area contributed by atoms with Gasteiger partial charge in [-0.05, 0) is 61.9 Å². The van der Waals surface area contributed by atoms with Crippen LogP contribution < -0.4 is 10.6 Å². The Morgan fingerprint density at radius 3 is 2.34 bits per heavy atom. The van der Waals surface area contributed by atoms with E-state index in [0.717, 1.165) is 18.2 Å². The lowest BCUT2D eigenvalue weighted by atomic mass is 10.1. The summed E-state index contributed by atoms with van der Waals surface area (Å²) in [6.45, 7) is 3.25. The van der Waals surface area contributed by atoms with Gasteiger partial charge in [0.15, 0.2) is 0 Å². The summed E-state index contributed by atoms with van der Waals surface area (Å²) >= 11 is 0. The highest BCUT2D eigenvalue weighted by Crippen LogP contribution is 2.33. The van der Waals surface area contributed by atoms with E-state index in [1.54, 1.807) is 13.8 Å². The molecule has 0 atom stereocenters. The Bertz CT molecular complexity index is 1070. The number of aromatic nitrogens is 2. The maximum atomic E-state index is 13.3. The van der Waals surface area contributed by atoms with E-state index in [1.165, 1.54) is 30.5 Å². The van der Waals surface area contributed by atoms with Crippen LogP contribution in [-0.2, 0) is 6.18 Å². The first-order valence-corrected chi connectivity index (χ1v) is 8.49. The molecule has 1 aromatic heterocycles. The van der Waals surface area contributed by atoms with Crippen LogP contribution in [0.2, 0.25) is 0 Å². The fraction of sp³-hybridized carbons (Fsp3) is 0.150. The van der Waals surface area contributed by atoms with Gasteiger partial charge in [0.25, 0.3) is 5.91 Å². The molecule has 0 saturated carbocycles. The second kappa shape index (κ2) is 7.86. The Hall–Kier alpha value is -3.49. The highest BCUT2D eigenvalue weighted by molar-refractivity contribution is 6.08. The van der Waals surface area contributed by atoms with E-state index < -0.39 is 23.5 Å². The van der Waals surface area contributed by atoms with Crippen molar-refractivity contribution < 1.29 is 22.4 Å². The van der Waals surface area contributed by atoms with Gasteiger partial charge >= 0.3 is 6.18 Å². The smallest absolute Gasteiger partial charge is 0.355 e. The molecule has 0 bridgehead atoms. The second-order valence-corrected chi connectivity index (χ2v) is 6.33. The first-order chi connectivity index (χ1) is 13.6. The van der Waals surface area contributed by atoms with Crippen LogP contribution in [0.5, 0.6) is 0 Å². The van der Waals surface area contributed by atoms with Crippen LogP contribution in [0.25, 0.3) is 0 Å². The summed E-state index contributed by atoms with van der Waals surface area (Å²) in [7, 11) is 0. The summed E-state index contributed by atoms with van der Waals surface area (Å²) in [5.74, 6) is -1.20. The number of aryl methyl sites for hydroxylation is 2. The van der Waals surface area contributed by atoms with Gasteiger partial charge in [0, 0.05) is 5.69 Å². The van der Waals surface area contributed by atoms with Crippen LogP contribution in [0.1, 0.15) is 27.2 Å². The van der Waals surface area contributed by atoms with Gasteiger partial charge < -0.3 is 10.6 Å². The third kappa shape index (κ3) is 4.68. The average Bonchev–Trinajstić information content (AvgIpc) is 2.65. The van der Waals surface area contributed by atoms with E-state index in [2.05, 4.69) is 20.8 Å². The number of nitrogens with one attached hydrogen (secondary N) is 2. The molecule has 0 fully saturated rings. The van der Waals surface area contributed by atoms with E-state index in [9.17, 15) is 22.4 Å². The summed E-state index contributed by atoms with van der Waals surface area (Å²) < 4.78 is 52.9. The number of carbonyl (C=O) groups is 1. The lowest BCUT2D eigenvalue weighted by Crippen LogP contribution is -2.17. The molecule has 0 aliphatic carbocycles. The molecule has 0 spiro atoms. The Morgan fingerprint density at radius 1 is 0.966 bits per heavy atom. The van der Waals surface area contributed by atoms with Gasteiger partial charge in [-0.25, -0.2) is 4.39 Å². The summed E-state index contributed by atoms with van der Waals surface area (Å²) in [5.41, 5.74) is 0.689. The van der Waals surface area contributed by atoms with E-state index >= 15 is 0 Å². The first-order valence-electron chi connectivity index (χ1n) is 8.49. The molecular weight excluding hydrogens is 388 g/mol. The fourth-order valence-electron chi connectivity index (χ4n) is 2.65. The summed E-state index contributed by atoms with van der Waals surface area (Å²) in [5, 5.41) is 12.9. The number of alkyl halides is 3. The molecule has 0 radical (unpaired) electrons. The molecule has 9 heteroatoms. The monoisotopic (exact) mass is 404 g/mol. The number of nitrogens with zero attached hydrogens (tertiary/aromatic N) is 2. The third-order valence-corrected chi connectivity index (χ3v) is 4.20. The molecule has 0 aliphatic heterocycles. The number of anilines is 3. The number of hydrogen-bond donors (Lipinski definition) is 2. The molecule has 1 amide bonds. The van der Waals surface area contributed by atoms with Crippen molar-refractivity contribution in [3.8, 4) is 0 Å². The number of carbonyl (C=O) groups excluding carboxylic acids is 1. The predicted octanol–water partition coefficient (Wildman–Crippen LogP) is 5.25. The van der Waals surface area contributed by atoms with Crippen LogP contribution >= 0.6 is 0 Å². The van der Waals surface area contributed by atoms with Gasteiger partial charge in [0.1, 0.15) is 5.82 Å². The highest BCUT2D eigenvalue weighted by atomic mass is 19.4. The number of hydrogen-bond acceptors (Lipinski definition) is 4. The maximum Gasteiger partial charge on any atom is 0.416 e. The molecule has 2 N–H and O–H groups in total. The third-order valence-electron chi connectivity index (χ3n) is 4.20. The Labute approximate surface area is 163 Å². The molecule has 0 unspecified atom stereocenters. The van der Waals surface area contributed by atoms with Gasteiger partial charge in [0.05, 0.1) is 34.4 Å². The van der Waals surface area contributed by atoms with Crippen molar-refractivity contribution >= 4 is 23.0 Å². The second-order valence-electron chi connectivity index (χ2n) is 6.33. The first kappa shape index (κ1) is 20.2. The zero-order valence-electron chi connectivity index (χ0n) is 15.4. The van der Waals surface area contributed by atoms with Crippen molar-refractivity contribution in [2.45, 2.75) is 20.0 Å². The van der Waals surface area contributed by atoms with Crippen molar-refractivity contribution in [2.75, 3.05) is 10.6 Å². The van der Waals surface area contributed by atoms with E-state index in [0.29, 0.717) is 22.6 Å². The molecular formula is C20H16F4N4O. The van der Waals surface area contributed by atoms with Gasteiger partial charge in [0.2, 0.25) is 0 Å². The molecule has 5 nitrogen and oxygen atoms in total. The molecule has 1 heterocycles. The van der Waals surface area contributed by atoms with Gasteiger partial charge in [-0.3, -0.25) is 4.79 Å². The summed E-state index contributed by atoms with van der Waals surface area (Å²) in [6.07, 6.45) is -3.26. The molecule has 3 rings (SSSR count). The molecule has 0 saturated heterocycles.